The lowest BCUT2D eigenvalue weighted by Crippen LogP contribution is -2.38. The van der Waals surface area contributed by atoms with E-state index in [9.17, 15) is 27.9 Å². The molecule has 4 N–H and O–H groups in total. The van der Waals surface area contributed by atoms with Crippen molar-refractivity contribution in [3.63, 3.8) is 0 Å². The summed E-state index contributed by atoms with van der Waals surface area (Å²) in [6, 6.07) is 3.17. The van der Waals surface area contributed by atoms with E-state index < -0.39 is 35.7 Å². The summed E-state index contributed by atoms with van der Waals surface area (Å²) in [5, 5.41) is 10.3. The highest BCUT2D eigenvalue weighted by Crippen LogP contribution is 2.43. The number of anilines is 1. The maximum absolute atomic E-state index is 15.2. The second-order valence-corrected chi connectivity index (χ2v) is 9.41. The molecule has 5 rings (SSSR count). The number of nitrogens with one attached hydrogen (secondary N) is 1. The molecule has 12 heteroatoms. The number of aromatic amines is 1. The Morgan fingerprint density at radius 2 is 1.89 bits per heavy atom. The van der Waals surface area contributed by atoms with Crippen molar-refractivity contribution in [2.24, 2.45) is 0 Å². The number of amides is 1. The number of halogens is 4. The van der Waals surface area contributed by atoms with E-state index in [0.717, 1.165) is 24.0 Å². The van der Waals surface area contributed by atoms with E-state index >= 15 is 4.39 Å². The van der Waals surface area contributed by atoms with Crippen molar-refractivity contribution in [1.29, 1.82) is 0 Å². The van der Waals surface area contributed by atoms with Gasteiger partial charge in [0.05, 0.1) is 17.7 Å². The van der Waals surface area contributed by atoms with Crippen molar-refractivity contribution in [2.75, 3.05) is 18.8 Å². The lowest BCUT2D eigenvalue weighted by molar-refractivity contribution is -0.274. The van der Waals surface area contributed by atoms with Crippen LogP contribution >= 0.6 is 0 Å². The number of nitrogens with zero attached hydrogens (tertiary/aromatic N) is 2. The van der Waals surface area contributed by atoms with Gasteiger partial charge in [0.25, 0.3) is 5.91 Å². The van der Waals surface area contributed by atoms with E-state index in [-0.39, 0.29) is 30.3 Å². The van der Waals surface area contributed by atoms with E-state index in [2.05, 4.69) is 14.7 Å². The van der Waals surface area contributed by atoms with Crippen LogP contribution in [0.25, 0.3) is 11.0 Å². The van der Waals surface area contributed by atoms with Gasteiger partial charge in [-0.1, -0.05) is 0 Å². The molecule has 1 aliphatic carbocycles. The quantitative estimate of drug-likeness (QED) is 0.339. The number of fused-ring (bicyclic) bond motifs is 3. The highest BCUT2D eigenvalue weighted by Gasteiger charge is 2.35. The summed E-state index contributed by atoms with van der Waals surface area (Å²) in [5.41, 5.74) is 7.99. The number of likely N-dealkylation sites (tertiary alicyclic amines) is 1. The number of aromatic nitrogens is 2. The third kappa shape index (κ3) is 4.67. The number of nitrogens with two attached hydrogens (primary N) is 1. The molecule has 1 aromatic carbocycles. The topological polar surface area (TPSA) is 122 Å². The first-order valence-electron chi connectivity index (χ1n) is 11.9. The van der Waals surface area contributed by atoms with Gasteiger partial charge >= 0.3 is 12.3 Å². The molecule has 1 unspecified atom stereocenters. The number of piperidine rings is 1. The van der Waals surface area contributed by atoms with Gasteiger partial charge in [-0.2, -0.15) is 0 Å². The smallest absolute Gasteiger partial charge is 0.481 e. The lowest BCUT2D eigenvalue weighted by atomic mass is 9.81. The minimum absolute atomic E-state index is 0.0504. The van der Waals surface area contributed by atoms with Crippen LogP contribution in [0.1, 0.15) is 64.7 Å². The van der Waals surface area contributed by atoms with Crippen molar-refractivity contribution < 1.29 is 37.0 Å². The number of aryl methyl sites for hydroxylation is 1. The molecule has 1 fully saturated rings. The number of hydrogen-bond acceptors (Lipinski definition) is 5. The first-order chi connectivity index (χ1) is 17.5. The van der Waals surface area contributed by atoms with Crippen LogP contribution < -0.4 is 10.5 Å². The molecule has 1 aliphatic heterocycles. The molecule has 8 nitrogen and oxygen atoms in total. The molecule has 2 aromatic heterocycles. The third-order valence-corrected chi connectivity index (χ3v) is 7.18. The van der Waals surface area contributed by atoms with Crippen molar-refractivity contribution in [3.8, 4) is 5.75 Å². The van der Waals surface area contributed by atoms with Crippen molar-refractivity contribution in [1.82, 2.24) is 14.9 Å². The number of carboxylic acids is 1. The zero-order valence-corrected chi connectivity index (χ0v) is 19.6. The van der Waals surface area contributed by atoms with Gasteiger partial charge in [0.15, 0.2) is 0 Å². The van der Waals surface area contributed by atoms with Crippen LogP contribution in [0.15, 0.2) is 24.4 Å². The molecule has 2 aliphatic rings. The first-order valence-corrected chi connectivity index (χ1v) is 11.9. The monoisotopic (exact) mass is 520 g/mol. The normalized spacial score (nSPS) is 18.6. The minimum atomic E-state index is -4.88. The number of alkyl halides is 3. The summed E-state index contributed by atoms with van der Waals surface area (Å²) < 4.78 is 56.4. The zero-order valence-electron chi connectivity index (χ0n) is 19.6. The van der Waals surface area contributed by atoms with E-state index in [1.54, 1.807) is 0 Å². The fraction of sp³-hybridized carbons (Fsp3) is 0.400. The van der Waals surface area contributed by atoms with Crippen LogP contribution in [-0.4, -0.2) is 51.3 Å². The molecule has 3 heterocycles. The Kier molecular flexibility index (Phi) is 6.20. The standard InChI is InChI=1S/C25H24F4N4O4/c26-16-11-31-22-21(20-15(24(35)36)2-1-3-18(20)32-22)19(16)12-6-8-33(9-7-12)23(34)14-5-4-13(10-17(14)30)37-25(27,28)29/h4-5,10-12,15H,1-3,6-9,30H2,(H,31,32)(H,35,36). The molecule has 196 valence electrons. The van der Waals surface area contributed by atoms with Gasteiger partial charge in [-0.3, -0.25) is 9.59 Å². The lowest BCUT2D eigenvalue weighted by Gasteiger charge is -2.33. The van der Waals surface area contributed by atoms with Gasteiger partial charge in [0, 0.05) is 41.5 Å². The van der Waals surface area contributed by atoms with Gasteiger partial charge in [-0.25, -0.2) is 9.37 Å². The van der Waals surface area contributed by atoms with Crippen LogP contribution in [0.2, 0.25) is 0 Å². The minimum Gasteiger partial charge on any atom is -0.481 e. The first kappa shape index (κ1) is 24.8. The average Bonchev–Trinajstić information content (AvgIpc) is 3.21. The SMILES string of the molecule is Nc1cc(OC(F)(F)F)ccc1C(=O)N1CCC(c2c(F)cnc3[nH]c4c(c23)C(C(=O)O)CCC4)CC1. The molecule has 0 radical (unpaired) electrons. The highest BCUT2D eigenvalue weighted by molar-refractivity contribution is 5.99. The average molecular weight is 520 g/mol. The molecular weight excluding hydrogens is 496 g/mol. The molecule has 0 spiro atoms. The summed E-state index contributed by atoms with van der Waals surface area (Å²) in [7, 11) is 0. The summed E-state index contributed by atoms with van der Waals surface area (Å²) >= 11 is 0. The van der Waals surface area contributed by atoms with Crippen LogP contribution in [0.3, 0.4) is 0 Å². The summed E-state index contributed by atoms with van der Waals surface area (Å²) in [5.74, 6) is -3.45. The Hall–Kier alpha value is -3.83. The second-order valence-electron chi connectivity index (χ2n) is 9.41. The summed E-state index contributed by atoms with van der Waals surface area (Å²) in [6.45, 7) is 0.532. The molecule has 0 bridgehead atoms. The fourth-order valence-corrected chi connectivity index (χ4v) is 5.56. The predicted molar refractivity (Wildman–Crippen MR) is 125 cm³/mol. The van der Waals surface area contributed by atoms with E-state index in [0.29, 0.717) is 54.3 Å². The van der Waals surface area contributed by atoms with Crippen molar-refractivity contribution in [2.45, 2.75) is 50.3 Å². The largest absolute Gasteiger partial charge is 0.573 e. The molecule has 37 heavy (non-hydrogen) atoms. The van der Waals surface area contributed by atoms with E-state index in [4.69, 9.17) is 5.73 Å². The van der Waals surface area contributed by atoms with Crippen LogP contribution in [-0.2, 0) is 11.2 Å². The Labute approximate surface area is 208 Å². The number of benzene rings is 1. The van der Waals surface area contributed by atoms with Gasteiger partial charge in [0.2, 0.25) is 0 Å². The molecule has 3 aromatic rings. The number of hydrogen-bond donors (Lipinski definition) is 3. The van der Waals surface area contributed by atoms with E-state index in [1.165, 1.54) is 11.0 Å². The molecule has 0 saturated carbocycles. The number of ether oxygens (including phenoxy) is 1. The summed E-state index contributed by atoms with van der Waals surface area (Å²) in [6.07, 6.45) is -1.08. The number of nitrogen functional groups attached to an aromatic ring is 1. The van der Waals surface area contributed by atoms with Gasteiger partial charge < -0.3 is 25.5 Å². The second kappa shape index (κ2) is 9.24. The number of aliphatic carboxylic acids is 1. The number of carbonyl (C=O) groups excluding carboxylic acids is 1. The maximum atomic E-state index is 15.2. The van der Waals surface area contributed by atoms with Crippen molar-refractivity contribution >= 4 is 28.6 Å². The molecule has 1 amide bonds. The Morgan fingerprint density at radius 1 is 1.16 bits per heavy atom. The summed E-state index contributed by atoms with van der Waals surface area (Å²) in [4.78, 5) is 33.9. The molecule has 1 atom stereocenters. The predicted octanol–water partition coefficient (Wildman–Crippen LogP) is 4.71. The van der Waals surface area contributed by atoms with Crippen LogP contribution in [0.4, 0.5) is 23.2 Å². The van der Waals surface area contributed by atoms with E-state index in [1.807, 2.05) is 0 Å². The number of rotatable bonds is 4. The number of carboxylic acid groups (broad SMARTS) is 1. The Morgan fingerprint density at radius 3 is 2.54 bits per heavy atom. The van der Waals surface area contributed by atoms with Crippen LogP contribution in [0, 0.1) is 5.82 Å². The van der Waals surface area contributed by atoms with Crippen molar-refractivity contribution in [3.05, 3.63) is 52.6 Å². The Balaban J connectivity index is 1.38. The van der Waals surface area contributed by atoms with Gasteiger partial charge in [-0.15, -0.1) is 13.2 Å². The van der Waals surface area contributed by atoms with Gasteiger partial charge in [-0.05, 0) is 55.7 Å². The zero-order chi connectivity index (χ0) is 26.5. The number of carbonyl (C=O) groups is 2. The maximum Gasteiger partial charge on any atom is 0.573 e. The molecule has 1 saturated heterocycles. The fourth-order valence-electron chi connectivity index (χ4n) is 5.56. The van der Waals surface area contributed by atoms with Gasteiger partial charge in [0.1, 0.15) is 17.2 Å². The number of H-pyrrole nitrogens is 1. The highest BCUT2D eigenvalue weighted by atomic mass is 19.4. The Bertz CT molecular complexity index is 1380. The van der Waals surface area contributed by atoms with Crippen LogP contribution in [0.5, 0.6) is 5.75 Å². The third-order valence-electron chi connectivity index (χ3n) is 7.18. The number of pyridine rings is 1. The molecular formula is C25H24F4N4O4.